The molecule has 0 aliphatic heterocycles. The van der Waals surface area contributed by atoms with Crippen LogP contribution in [0.1, 0.15) is 23.7 Å². The largest absolute Gasteiger partial charge is 0.322 e. The van der Waals surface area contributed by atoms with Crippen LogP contribution in [0, 0.1) is 5.92 Å². The summed E-state index contributed by atoms with van der Waals surface area (Å²) in [4.78, 5) is 11.8. The molecule has 82 valence electrons. The Balaban J connectivity index is 2.02. The number of rotatable bonds is 2. The molecule has 0 saturated heterocycles. The van der Waals surface area contributed by atoms with E-state index in [1.165, 1.54) is 0 Å². The van der Waals surface area contributed by atoms with E-state index < -0.39 is 0 Å². The fourth-order valence-electron chi connectivity index (χ4n) is 1.61. The molecule has 1 unspecified atom stereocenters. The van der Waals surface area contributed by atoms with Crippen molar-refractivity contribution in [3.8, 4) is 0 Å². The molecule has 2 heteroatoms. The molecule has 0 radical (unpaired) electrons. The average molecular weight is 213 g/mol. The van der Waals surface area contributed by atoms with Gasteiger partial charge in [0.1, 0.15) is 0 Å². The minimum Gasteiger partial charge on any atom is -0.322 e. The summed E-state index contributed by atoms with van der Waals surface area (Å²) in [7, 11) is 0. The Morgan fingerprint density at radius 1 is 1.31 bits per heavy atom. The third-order valence-electron chi connectivity index (χ3n) is 2.61. The molecule has 0 saturated carbocycles. The second kappa shape index (κ2) is 4.79. The first kappa shape index (κ1) is 10.7. The maximum Gasteiger partial charge on any atom is 0.255 e. The molecule has 0 spiro atoms. The number of hydrogen-bond donors (Lipinski definition) is 1. The maximum absolute atomic E-state index is 11.8. The Labute approximate surface area is 95.7 Å². The van der Waals surface area contributed by atoms with E-state index in [-0.39, 0.29) is 5.91 Å². The molecule has 1 aromatic rings. The molecule has 1 N–H and O–H groups in total. The van der Waals surface area contributed by atoms with Crippen LogP contribution in [0.3, 0.4) is 0 Å². The number of hydrogen-bond acceptors (Lipinski definition) is 1. The molecule has 0 bridgehead atoms. The number of carbonyl (C=O) groups is 1. The van der Waals surface area contributed by atoms with Gasteiger partial charge in [-0.3, -0.25) is 4.79 Å². The highest BCUT2D eigenvalue weighted by atomic mass is 16.1. The minimum atomic E-state index is -0.0500. The first-order valence-corrected chi connectivity index (χ1v) is 5.50. The molecule has 1 aromatic carbocycles. The standard InChI is InChI=1S/C14H15NO/c1-11-7-9-13(10-8-11)15-14(16)12-5-3-2-4-6-12/h2-7,9-11H,8H2,1H3,(H,15,16). The van der Waals surface area contributed by atoms with Crippen molar-refractivity contribution in [2.75, 3.05) is 0 Å². The van der Waals surface area contributed by atoms with Crippen molar-refractivity contribution in [1.82, 2.24) is 5.32 Å². The number of benzene rings is 1. The van der Waals surface area contributed by atoms with Gasteiger partial charge in [-0.15, -0.1) is 0 Å². The van der Waals surface area contributed by atoms with Gasteiger partial charge in [0.15, 0.2) is 0 Å². The van der Waals surface area contributed by atoms with Crippen LogP contribution in [0.5, 0.6) is 0 Å². The van der Waals surface area contributed by atoms with Gasteiger partial charge in [-0.2, -0.15) is 0 Å². The molecular weight excluding hydrogens is 198 g/mol. The smallest absolute Gasteiger partial charge is 0.255 e. The van der Waals surface area contributed by atoms with Gasteiger partial charge in [0.2, 0.25) is 0 Å². The predicted molar refractivity (Wildman–Crippen MR) is 64.9 cm³/mol. The van der Waals surface area contributed by atoms with Gasteiger partial charge in [-0.05, 0) is 30.5 Å². The number of allylic oxidation sites excluding steroid dienone is 3. The summed E-state index contributed by atoms with van der Waals surface area (Å²) in [6.45, 7) is 2.16. The Kier molecular flexibility index (Phi) is 3.20. The van der Waals surface area contributed by atoms with Crippen molar-refractivity contribution in [3.05, 3.63) is 59.8 Å². The van der Waals surface area contributed by atoms with Crippen molar-refractivity contribution < 1.29 is 4.79 Å². The second-order valence-electron chi connectivity index (χ2n) is 4.05. The summed E-state index contributed by atoms with van der Waals surface area (Å²) in [6.07, 6.45) is 7.13. The number of nitrogens with one attached hydrogen (secondary N) is 1. The zero-order chi connectivity index (χ0) is 11.4. The predicted octanol–water partition coefficient (Wildman–Crippen LogP) is 2.90. The van der Waals surface area contributed by atoms with Crippen LogP contribution in [0.4, 0.5) is 0 Å². The minimum absolute atomic E-state index is 0.0500. The normalized spacial score (nSPS) is 19.1. The van der Waals surface area contributed by atoms with Gasteiger partial charge in [-0.1, -0.05) is 37.3 Å². The van der Waals surface area contributed by atoms with Crippen LogP contribution in [-0.2, 0) is 0 Å². The first-order valence-electron chi connectivity index (χ1n) is 5.50. The van der Waals surface area contributed by atoms with E-state index in [1.807, 2.05) is 36.4 Å². The summed E-state index contributed by atoms with van der Waals surface area (Å²) in [5, 5.41) is 2.89. The highest BCUT2D eigenvalue weighted by Crippen LogP contribution is 2.14. The lowest BCUT2D eigenvalue weighted by Gasteiger charge is -2.12. The lowest BCUT2D eigenvalue weighted by Crippen LogP contribution is -2.22. The SMILES string of the molecule is CC1C=CC(NC(=O)c2ccccc2)=CC1. The van der Waals surface area contributed by atoms with Crippen LogP contribution in [0.25, 0.3) is 0 Å². The molecule has 1 atom stereocenters. The molecule has 1 aliphatic rings. The van der Waals surface area contributed by atoms with Crippen molar-refractivity contribution in [2.24, 2.45) is 5.92 Å². The zero-order valence-corrected chi connectivity index (χ0v) is 9.31. The number of carbonyl (C=O) groups excluding carboxylic acids is 1. The molecule has 0 aromatic heterocycles. The molecule has 1 amide bonds. The monoisotopic (exact) mass is 213 g/mol. The van der Waals surface area contributed by atoms with Crippen LogP contribution >= 0.6 is 0 Å². The summed E-state index contributed by atoms with van der Waals surface area (Å²) in [6, 6.07) is 9.25. The lowest BCUT2D eigenvalue weighted by atomic mass is 10.0. The molecule has 2 nitrogen and oxygen atoms in total. The average Bonchev–Trinajstić information content (AvgIpc) is 2.33. The van der Waals surface area contributed by atoms with Gasteiger partial charge < -0.3 is 5.32 Å². The Bertz CT molecular complexity index is 431. The van der Waals surface area contributed by atoms with Crippen LogP contribution in [0.15, 0.2) is 54.3 Å². The molecule has 1 aliphatic carbocycles. The van der Waals surface area contributed by atoms with E-state index >= 15 is 0 Å². The van der Waals surface area contributed by atoms with E-state index in [2.05, 4.69) is 24.4 Å². The second-order valence-corrected chi connectivity index (χ2v) is 4.05. The Hall–Kier alpha value is -1.83. The molecule has 2 rings (SSSR count). The summed E-state index contributed by atoms with van der Waals surface area (Å²) in [5.41, 5.74) is 1.59. The zero-order valence-electron chi connectivity index (χ0n) is 9.31. The Morgan fingerprint density at radius 3 is 2.69 bits per heavy atom. The molecular formula is C14H15NO. The first-order chi connectivity index (χ1) is 7.75. The van der Waals surface area contributed by atoms with E-state index in [9.17, 15) is 4.79 Å². The summed E-state index contributed by atoms with van der Waals surface area (Å²) in [5.74, 6) is 0.517. The molecule has 16 heavy (non-hydrogen) atoms. The Morgan fingerprint density at radius 2 is 2.06 bits per heavy atom. The fraction of sp³-hybridized carbons (Fsp3) is 0.214. The van der Waals surface area contributed by atoms with E-state index in [0.717, 1.165) is 12.1 Å². The van der Waals surface area contributed by atoms with Gasteiger partial charge in [-0.25, -0.2) is 0 Å². The topological polar surface area (TPSA) is 29.1 Å². The molecule has 0 heterocycles. The lowest BCUT2D eigenvalue weighted by molar-refractivity contribution is 0.0967. The van der Waals surface area contributed by atoms with Crippen LogP contribution in [0.2, 0.25) is 0 Å². The third-order valence-corrected chi connectivity index (χ3v) is 2.61. The van der Waals surface area contributed by atoms with Crippen LogP contribution < -0.4 is 5.32 Å². The van der Waals surface area contributed by atoms with Gasteiger partial charge >= 0.3 is 0 Å². The van der Waals surface area contributed by atoms with E-state index in [0.29, 0.717) is 11.5 Å². The van der Waals surface area contributed by atoms with E-state index in [1.54, 1.807) is 0 Å². The third kappa shape index (κ3) is 2.60. The van der Waals surface area contributed by atoms with Crippen molar-refractivity contribution in [1.29, 1.82) is 0 Å². The number of amides is 1. The maximum atomic E-state index is 11.8. The van der Waals surface area contributed by atoms with Gasteiger partial charge in [0, 0.05) is 11.3 Å². The van der Waals surface area contributed by atoms with Crippen molar-refractivity contribution in [2.45, 2.75) is 13.3 Å². The summed E-state index contributed by atoms with van der Waals surface area (Å²) >= 11 is 0. The highest BCUT2D eigenvalue weighted by Gasteiger charge is 2.08. The fourth-order valence-corrected chi connectivity index (χ4v) is 1.61. The summed E-state index contributed by atoms with van der Waals surface area (Å²) < 4.78 is 0. The highest BCUT2D eigenvalue weighted by molar-refractivity contribution is 5.95. The van der Waals surface area contributed by atoms with Crippen molar-refractivity contribution >= 4 is 5.91 Å². The quantitative estimate of drug-likeness (QED) is 0.804. The van der Waals surface area contributed by atoms with E-state index in [4.69, 9.17) is 0 Å². The van der Waals surface area contributed by atoms with Gasteiger partial charge in [0.25, 0.3) is 5.91 Å². The molecule has 0 fully saturated rings. The van der Waals surface area contributed by atoms with Crippen molar-refractivity contribution in [3.63, 3.8) is 0 Å². The van der Waals surface area contributed by atoms with Gasteiger partial charge in [0.05, 0.1) is 0 Å². The van der Waals surface area contributed by atoms with Crippen LogP contribution in [-0.4, -0.2) is 5.91 Å².